The first-order chi connectivity index (χ1) is 8.99. The molecule has 1 atom stereocenters. The van der Waals surface area contributed by atoms with Gasteiger partial charge in [-0.1, -0.05) is 13.8 Å². The molecule has 0 radical (unpaired) electrons. The lowest BCUT2D eigenvalue weighted by atomic mass is 10.2. The Bertz CT molecular complexity index is 395. The molecule has 0 saturated heterocycles. The molecule has 2 N–H and O–H groups in total. The Hall–Kier alpha value is -0.980. The van der Waals surface area contributed by atoms with Crippen LogP contribution >= 0.6 is 15.9 Å². The van der Waals surface area contributed by atoms with Crippen molar-refractivity contribution in [2.24, 2.45) is 5.92 Å². The zero-order valence-electron chi connectivity index (χ0n) is 11.1. The Kier molecular flexibility index (Phi) is 6.97. The van der Waals surface area contributed by atoms with Crippen LogP contribution in [0.1, 0.15) is 24.2 Å². The van der Waals surface area contributed by atoms with Crippen molar-refractivity contribution in [1.29, 1.82) is 0 Å². The second-order valence-corrected chi connectivity index (χ2v) is 5.48. The van der Waals surface area contributed by atoms with Gasteiger partial charge in [-0.15, -0.1) is 0 Å². The number of hydrogen-bond donors (Lipinski definition) is 2. The summed E-state index contributed by atoms with van der Waals surface area (Å²) in [5.74, 6) is 0.165. The van der Waals surface area contributed by atoms with Gasteiger partial charge in [0.15, 0.2) is 0 Å². The van der Waals surface area contributed by atoms with Gasteiger partial charge in [-0.3, -0.25) is 4.79 Å². The maximum absolute atomic E-state index is 11.7. The van der Waals surface area contributed by atoms with Gasteiger partial charge in [-0.05, 0) is 34.0 Å². The van der Waals surface area contributed by atoms with Crippen molar-refractivity contribution in [3.05, 3.63) is 28.5 Å². The molecule has 0 spiro atoms. The predicted molar refractivity (Wildman–Crippen MR) is 75.9 cm³/mol. The third kappa shape index (κ3) is 6.66. The van der Waals surface area contributed by atoms with Crippen molar-refractivity contribution in [3.63, 3.8) is 0 Å². The van der Waals surface area contributed by atoms with Gasteiger partial charge >= 0.3 is 0 Å². The minimum absolute atomic E-state index is 0.160. The van der Waals surface area contributed by atoms with Crippen LogP contribution < -0.4 is 5.32 Å². The summed E-state index contributed by atoms with van der Waals surface area (Å²) in [5, 5.41) is 12.3. The number of nitrogens with zero attached hydrogens (tertiary/aromatic N) is 1. The number of pyridine rings is 1. The molecule has 0 aliphatic heterocycles. The molecule has 1 aromatic rings. The van der Waals surface area contributed by atoms with Gasteiger partial charge in [-0.2, -0.15) is 0 Å². The van der Waals surface area contributed by atoms with E-state index in [0.29, 0.717) is 22.7 Å². The molecule has 0 bridgehead atoms. The van der Waals surface area contributed by atoms with E-state index < -0.39 is 6.10 Å². The molecule has 6 heteroatoms. The second kappa shape index (κ2) is 8.24. The van der Waals surface area contributed by atoms with E-state index in [1.807, 2.05) is 13.8 Å². The zero-order chi connectivity index (χ0) is 14.3. The fourth-order valence-corrected chi connectivity index (χ4v) is 1.56. The average molecular weight is 331 g/mol. The lowest BCUT2D eigenvalue weighted by Crippen LogP contribution is -2.34. The molecule has 5 nitrogen and oxygen atoms in total. The molecular formula is C13H19BrN2O3. The summed E-state index contributed by atoms with van der Waals surface area (Å²) >= 11 is 3.20. The molecule has 0 aromatic carbocycles. The molecule has 1 aromatic heterocycles. The number of aliphatic hydroxyl groups is 1. The van der Waals surface area contributed by atoms with E-state index in [1.165, 1.54) is 6.20 Å². The maximum atomic E-state index is 11.7. The van der Waals surface area contributed by atoms with E-state index >= 15 is 0 Å². The number of nitrogens with one attached hydrogen (secondary N) is 1. The van der Waals surface area contributed by atoms with Crippen molar-refractivity contribution in [2.45, 2.75) is 20.0 Å². The number of hydrogen-bond acceptors (Lipinski definition) is 4. The number of carbonyl (C=O) groups excluding carboxylic acids is 1. The maximum Gasteiger partial charge on any atom is 0.252 e. The molecule has 0 aliphatic rings. The normalized spacial score (nSPS) is 12.5. The first-order valence-electron chi connectivity index (χ1n) is 6.14. The van der Waals surface area contributed by atoms with Gasteiger partial charge in [-0.25, -0.2) is 4.98 Å². The van der Waals surface area contributed by atoms with Crippen molar-refractivity contribution >= 4 is 21.8 Å². The highest BCUT2D eigenvalue weighted by molar-refractivity contribution is 9.10. The van der Waals surface area contributed by atoms with E-state index in [4.69, 9.17) is 4.74 Å². The minimum Gasteiger partial charge on any atom is -0.389 e. The Labute approximate surface area is 121 Å². The van der Waals surface area contributed by atoms with Crippen LogP contribution in [-0.4, -0.2) is 41.9 Å². The largest absolute Gasteiger partial charge is 0.389 e. The Morgan fingerprint density at radius 3 is 2.79 bits per heavy atom. The van der Waals surface area contributed by atoms with E-state index in [0.717, 1.165) is 0 Å². The van der Waals surface area contributed by atoms with Crippen LogP contribution in [0.15, 0.2) is 22.9 Å². The molecule has 1 rings (SSSR count). The quantitative estimate of drug-likeness (QED) is 0.745. The van der Waals surface area contributed by atoms with Crippen molar-refractivity contribution in [1.82, 2.24) is 10.3 Å². The number of rotatable bonds is 7. The van der Waals surface area contributed by atoms with Crippen LogP contribution in [0, 0.1) is 5.92 Å². The van der Waals surface area contributed by atoms with Gasteiger partial charge in [0.25, 0.3) is 5.91 Å². The van der Waals surface area contributed by atoms with Gasteiger partial charge in [0.05, 0.1) is 18.3 Å². The third-order valence-corrected chi connectivity index (χ3v) is 2.72. The number of amides is 1. The highest BCUT2D eigenvalue weighted by Crippen LogP contribution is 2.06. The molecule has 0 aliphatic carbocycles. The highest BCUT2D eigenvalue weighted by atomic mass is 79.9. The summed E-state index contributed by atoms with van der Waals surface area (Å²) in [4.78, 5) is 15.7. The van der Waals surface area contributed by atoms with Crippen molar-refractivity contribution < 1.29 is 14.6 Å². The van der Waals surface area contributed by atoms with E-state index in [2.05, 4.69) is 26.2 Å². The van der Waals surface area contributed by atoms with Crippen molar-refractivity contribution in [3.8, 4) is 0 Å². The third-order valence-electron chi connectivity index (χ3n) is 2.25. The van der Waals surface area contributed by atoms with E-state index in [-0.39, 0.29) is 19.1 Å². The second-order valence-electron chi connectivity index (χ2n) is 4.66. The van der Waals surface area contributed by atoms with Crippen LogP contribution in [-0.2, 0) is 4.74 Å². The summed E-state index contributed by atoms with van der Waals surface area (Å²) in [5.41, 5.74) is 0.457. The van der Waals surface area contributed by atoms with Gasteiger partial charge in [0, 0.05) is 19.3 Å². The summed E-state index contributed by atoms with van der Waals surface area (Å²) in [6, 6.07) is 3.35. The molecule has 19 heavy (non-hydrogen) atoms. The molecular weight excluding hydrogens is 312 g/mol. The number of ether oxygens (including phenoxy) is 1. The number of carbonyl (C=O) groups is 1. The Balaban J connectivity index is 2.27. The minimum atomic E-state index is -0.703. The van der Waals surface area contributed by atoms with E-state index in [1.54, 1.807) is 12.1 Å². The standard InChI is InChI=1S/C13H19BrN2O3/c1-9(2)7-19-8-11(17)6-16-13(18)10-3-4-12(14)15-5-10/h3-5,9,11,17H,6-8H2,1-2H3,(H,16,18). The molecule has 1 heterocycles. The van der Waals surface area contributed by atoms with Crippen LogP contribution in [0.3, 0.4) is 0 Å². The molecule has 0 saturated carbocycles. The Morgan fingerprint density at radius 2 is 2.21 bits per heavy atom. The van der Waals surface area contributed by atoms with Gasteiger partial charge in [0.2, 0.25) is 0 Å². The number of aliphatic hydroxyl groups excluding tert-OH is 1. The van der Waals surface area contributed by atoms with Gasteiger partial charge < -0.3 is 15.2 Å². The molecule has 0 fully saturated rings. The SMILES string of the molecule is CC(C)COCC(O)CNC(=O)c1ccc(Br)nc1. The van der Waals surface area contributed by atoms with Crippen molar-refractivity contribution in [2.75, 3.05) is 19.8 Å². The number of halogens is 1. The molecule has 1 unspecified atom stereocenters. The monoisotopic (exact) mass is 330 g/mol. The van der Waals surface area contributed by atoms with Crippen LogP contribution in [0.5, 0.6) is 0 Å². The molecule has 106 valence electrons. The number of aromatic nitrogens is 1. The summed E-state index contributed by atoms with van der Waals surface area (Å²) in [6.45, 7) is 5.05. The van der Waals surface area contributed by atoms with Crippen LogP contribution in [0.2, 0.25) is 0 Å². The lowest BCUT2D eigenvalue weighted by molar-refractivity contribution is 0.0259. The Morgan fingerprint density at radius 1 is 1.47 bits per heavy atom. The highest BCUT2D eigenvalue weighted by Gasteiger charge is 2.09. The summed E-state index contributed by atoms with van der Waals surface area (Å²) in [7, 11) is 0. The average Bonchev–Trinajstić information content (AvgIpc) is 2.36. The first kappa shape index (κ1) is 16.1. The lowest BCUT2D eigenvalue weighted by Gasteiger charge is -2.13. The van der Waals surface area contributed by atoms with Gasteiger partial charge in [0.1, 0.15) is 4.60 Å². The molecule has 1 amide bonds. The fourth-order valence-electron chi connectivity index (χ4n) is 1.32. The fraction of sp³-hybridized carbons (Fsp3) is 0.538. The van der Waals surface area contributed by atoms with E-state index in [9.17, 15) is 9.90 Å². The summed E-state index contributed by atoms with van der Waals surface area (Å²) < 4.78 is 5.96. The van der Waals surface area contributed by atoms with Crippen LogP contribution in [0.25, 0.3) is 0 Å². The first-order valence-corrected chi connectivity index (χ1v) is 6.94. The zero-order valence-corrected chi connectivity index (χ0v) is 12.7. The summed E-state index contributed by atoms with van der Waals surface area (Å²) in [6.07, 6.45) is 0.771. The topological polar surface area (TPSA) is 71.5 Å². The smallest absolute Gasteiger partial charge is 0.252 e. The predicted octanol–water partition coefficient (Wildman–Crippen LogP) is 1.61. The van der Waals surface area contributed by atoms with Crippen LogP contribution in [0.4, 0.5) is 0 Å².